The molecule has 34 heavy (non-hydrogen) atoms. The normalized spacial score (nSPS) is 16.6. The van der Waals surface area contributed by atoms with Crippen molar-refractivity contribution in [3.05, 3.63) is 70.8 Å². The van der Waals surface area contributed by atoms with Crippen LogP contribution >= 0.6 is 0 Å². The van der Waals surface area contributed by atoms with Gasteiger partial charge in [0, 0.05) is 5.57 Å². The van der Waals surface area contributed by atoms with Crippen molar-refractivity contribution >= 4 is 23.1 Å². The first kappa shape index (κ1) is 25.7. The Morgan fingerprint density at radius 3 is 2.29 bits per heavy atom. The number of benzene rings is 2. The van der Waals surface area contributed by atoms with Crippen LogP contribution in [-0.4, -0.2) is 17.0 Å². The van der Waals surface area contributed by atoms with Crippen molar-refractivity contribution in [2.75, 3.05) is 5.32 Å². The number of amides is 1. The highest BCUT2D eigenvalue weighted by atomic mass is 16.4. The average Bonchev–Trinajstić information content (AvgIpc) is 2.79. The first-order valence-electron chi connectivity index (χ1n) is 12.6. The van der Waals surface area contributed by atoms with Crippen molar-refractivity contribution in [2.45, 2.75) is 90.4 Å². The molecular formula is C30H39NO3. The zero-order valence-corrected chi connectivity index (χ0v) is 21.3. The second-order valence-electron chi connectivity index (χ2n) is 10.8. The SMILES string of the molecule is CCCCCCC=C(C(=O)Nc1ccccc1C(=O)O)c1ccc2c(c1)C(C)(C)CCC2(C)C. The summed E-state index contributed by atoms with van der Waals surface area (Å²) in [5, 5.41) is 12.4. The lowest BCUT2D eigenvalue weighted by Crippen LogP contribution is -2.34. The number of carboxylic acids is 1. The van der Waals surface area contributed by atoms with E-state index in [1.165, 1.54) is 30.0 Å². The van der Waals surface area contributed by atoms with Crippen molar-refractivity contribution in [1.29, 1.82) is 0 Å². The Balaban J connectivity index is 1.99. The van der Waals surface area contributed by atoms with E-state index in [-0.39, 0.29) is 22.3 Å². The summed E-state index contributed by atoms with van der Waals surface area (Å²) in [6, 6.07) is 13.0. The van der Waals surface area contributed by atoms with E-state index in [2.05, 4.69) is 58.1 Å². The van der Waals surface area contributed by atoms with Crippen molar-refractivity contribution in [3.8, 4) is 0 Å². The Morgan fingerprint density at radius 1 is 0.941 bits per heavy atom. The maximum Gasteiger partial charge on any atom is 0.337 e. The summed E-state index contributed by atoms with van der Waals surface area (Å²) in [5.74, 6) is -1.32. The van der Waals surface area contributed by atoms with Crippen molar-refractivity contribution in [1.82, 2.24) is 0 Å². The second kappa shape index (κ2) is 10.6. The minimum atomic E-state index is -1.06. The van der Waals surface area contributed by atoms with Gasteiger partial charge in [0.1, 0.15) is 0 Å². The van der Waals surface area contributed by atoms with Gasteiger partial charge in [-0.1, -0.05) is 90.3 Å². The van der Waals surface area contributed by atoms with Crippen molar-refractivity contribution in [2.24, 2.45) is 0 Å². The number of hydrogen-bond donors (Lipinski definition) is 2. The van der Waals surface area contributed by atoms with E-state index in [1.807, 2.05) is 6.08 Å². The Labute approximate surface area is 204 Å². The van der Waals surface area contributed by atoms with Gasteiger partial charge in [-0.2, -0.15) is 0 Å². The molecule has 0 fully saturated rings. The summed E-state index contributed by atoms with van der Waals surface area (Å²) < 4.78 is 0. The van der Waals surface area contributed by atoms with E-state index in [4.69, 9.17) is 0 Å². The van der Waals surface area contributed by atoms with E-state index < -0.39 is 5.97 Å². The molecule has 2 aromatic rings. The molecule has 4 heteroatoms. The minimum Gasteiger partial charge on any atom is -0.478 e. The highest BCUT2D eigenvalue weighted by Crippen LogP contribution is 2.46. The molecule has 1 amide bonds. The van der Waals surface area contributed by atoms with E-state index in [0.29, 0.717) is 11.3 Å². The maximum atomic E-state index is 13.5. The number of para-hydroxylation sites is 1. The average molecular weight is 462 g/mol. The predicted octanol–water partition coefficient (Wildman–Crippen LogP) is 7.73. The predicted molar refractivity (Wildman–Crippen MR) is 140 cm³/mol. The summed E-state index contributed by atoms with van der Waals surface area (Å²) in [5.41, 5.74) is 4.71. The highest BCUT2D eigenvalue weighted by Gasteiger charge is 2.37. The molecule has 0 radical (unpaired) electrons. The van der Waals surface area contributed by atoms with Crippen LogP contribution in [0.15, 0.2) is 48.5 Å². The smallest absolute Gasteiger partial charge is 0.337 e. The van der Waals surface area contributed by atoms with Crippen LogP contribution in [0.25, 0.3) is 5.57 Å². The largest absolute Gasteiger partial charge is 0.478 e. The lowest BCUT2D eigenvalue weighted by Gasteiger charge is -2.42. The Kier molecular flexibility index (Phi) is 8.01. The third-order valence-corrected chi connectivity index (χ3v) is 7.22. The summed E-state index contributed by atoms with van der Waals surface area (Å²) >= 11 is 0. The number of anilines is 1. The molecule has 0 spiro atoms. The number of hydrogen-bond acceptors (Lipinski definition) is 2. The summed E-state index contributed by atoms with van der Waals surface area (Å²) in [6.45, 7) is 11.3. The van der Waals surface area contributed by atoms with Crippen LogP contribution in [-0.2, 0) is 15.6 Å². The number of carbonyl (C=O) groups excluding carboxylic acids is 1. The number of nitrogens with one attached hydrogen (secondary N) is 1. The van der Waals surface area contributed by atoms with Gasteiger partial charge in [-0.3, -0.25) is 4.79 Å². The summed E-state index contributed by atoms with van der Waals surface area (Å²) in [6.07, 6.45) is 9.59. The number of rotatable bonds is 9. The fourth-order valence-electron chi connectivity index (χ4n) is 4.88. The minimum absolute atomic E-state index is 0.0412. The van der Waals surface area contributed by atoms with Crippen molar-refractivity contribution < 1.29 is 14.7 Å². The lowest BCUT2D eigenvalue weighted by molar-refractivity contribution is -0.111. The fourth-order valence-corrected chi connectivity index (χ4v) is 4.88. The van der Waals surface area contributed by atoms with Gasteiger partial charge in [0.15, 0.2) is 0 Å². The van der Waals surface area contributed by atoms with Gasteiger partial charge in [-0.15, -0.1) is 0 Å². The Bertz CT molecular complexity index is 1080. The highest BCUT2D eigenvalue weighted by molar-refractivity contribution is 6.26. The quantitative estimate of drug-likeness (QED) is 0.297. The molecule has 0 atom stereocenters. The molecule has 0 aliphatic heterocycles. The number of aromatic carboxylic acids is 1. The first-order chi connectivity index (χ1) is 16.1. The Hall–Kier alpha value is -2.88. The van der Waals surface area contributed by atoms with Gasteiger partial charge in [-0.25, -0.2) is 4.79 Å². The molecule has 0 saturated heterocycles. The second-order valence-corrected chi connectivity index (χ2v) is 10.8. The molecule has 1 aliphatic rings. The third-order valence-electron chi connectivity index (χ3n) is 7.22. The lowest BCUT2D eigenvalue weighted by atomic mass is 9.63. The summed E-state index contributed by atoms with van der Waals surface area (Å²) in [7, 11) is 0. The van der Waals surface area contributed by atoms with Crippen LogP contribution in [0.2, 0.25) is 0 Å². The number of carboxylic acid groups (broad SMARTS) is 1. The molecule has 182 valence electrons. The fraction of sp³-hybridized carbons (Fsp3) is 0.467. The van der Waals surface area contributed by atoms with Crippen LogP contribution in [0, 0.1) is 0 Å². The summed E-state index contributed by atoms with van der Waals surface area (Å²) in [4.78, 5) is 25.1. The number of fused-ring (bicyclic) bond motifs is 1. The van der Waals surface area contributed by atoms with E-state index in [1.54, 1.807) is 18.2 Å². The first-order valence-corrected chi connectivity index (χ1v) is 12.6. The molecule has 0 bridgehead atoms. The van der Waals surface area contributed by atoms with Crippen LogP contribution in [0.4, 0.5) is 5.69 Å². The number of unbranched alkanes of at least 4 members (excludes halogenated alkanes) is 4. The van der Waals surface area contributed by atoms with Crippen molar-refractivity contribution in [3.63, 3.8) is 0 Å². The van der Waals surface area contributed by atoms with Gasteiger partial charge < -0.3 is 10.4 Å². The van der Waals surface area contributed by atoms with Gasteiger partial charge in [-0.05, 0) is 65.3 Å². The van der Waals surface area contributed by atoms with E-state index in [0.717, 1.165) is 37.7 Å². The molecule has 0 aromatic heterocycles. The molecule has 4 nitrogen and oxygen atoms in total. The molecule has 0 saturated carbocycles. The van der Waals surface area contributed by atoms with Gasteiger partial charge in [0.2, 0.25) is 0 Å². The molecular weight excluding hydrogens is 422 g/mol. The Morgan fingerprint density at radius 2 is 1.62 bits per heavy atom. The van der Waals surface area contributed by atoms with Gasteiger partial charge >= 0.3 is 5.97 Å². The third kappa shape index (κ3) is 5.78. The van der Waals surface area contributed by atoms with Gasteiger partial charge in [0.25, 0.3) is 5.91 Å². The topological polar surface area (TPSA) is 66.4 Å². The molecule has 1 aliphatic carbocycles. The maximum absolute atomic E-state index is 13.5. The van der Waals surface area contributed by atoms with Crippen LogP contribution < -0.4 is 5.32 Å². The zero-order valence-electron chi connectivity index (χ0n) is 21.3. The number of allylic oxidation sites excluding steroid dienone is 1. The zero-order chi connectivity index (χ0) is 24.9. The molecule has 3 rings (SSSR count). The van der Waals surface area contributed by atoms with E-state index >= 15 is 0 Å². The monoisotopic (exact) mass is 461 g/mol. The standard InChI is InChI=1S/C30H39NO3/c1-6-7-8-9-10-13-22(27(32)31-26-15-12-11-14-23(26)28(33)34)21-16-17-24-25(20-21)30(4,5)19-18-29(24,2)3/h11-17,20H,6-10,18-19H2,1-5H3,(H,31,32)(H,33,34). The van der Waals surface area contributed by atoms with Crippen LogP contribution in [0.5, 0.6) is 0 Å². The molecule has 0 heterocycles. The molecule has 0 unspecified atom stereocenters. The van der Waals surface area contributed by atoms with Gasteiger partial charge in [0.05, 0.1) is 11.3 Å². The van der Waals surface area contributed by atoms with Crippen LogP contribution in [0.3, 0.4) is 0 Å². The molecule has 2 N–H and O–H groups in total. The number of carbonyl (C=O) groups is 2. The molecule has 2 aromatic carbocycles. The van der Waals surface area contributed by atoms with E-state index in [9.17, 15) is 14.7 Å². The van der Waals surface area contributed by atoms with Crippen LogP contribution in [0.1, 0.15) is 107 Å².